The number of ether oxygens (including phenoxy) is 1. The predicted molar refractivity (Wildman–Crippen MR) is 115 cm³/mol. The topological polar surface area (TPSA) is 62.3 Å². The number of hydrogen-bond donors (Lipinski definition) is 2. The minimum absolute atomic E-state index is 0.272. The van der Waals surface area contributed by atoms with Crippen molar-refractivity contribution in [2.75, 3.05) is 0 Å². The number of aromatic carboxylic acids is 1. The molecule has 0 spiro atoms. The van der Waals surface area contributed by atoms with Gasteiger partial charge < -0.3 is 14.8 Å². The smallest absolute Gasteiger partial charge is 0.335 e. The van der Waals surface area contributed by atoms with E-state index in [9.17, 15) is 9.90 Å². The molecule has 0 fully saturated rings. The fraction of sp³-hybridized carbons (Fsp3) is 0.125. The van der Waals surface area contributed by atoms with E-state index in [0.717, 1.165) is 33.3 Å². The minimum Gasteiger partial charge on any atom is -0.489 e. The molecule has 0 saturated carbocycles. The van der Waals surface area contributed by atoms with Crippen LogP contribution in [0.5, 0.6) is 5.75 Å². The molecule has 0 aliphatic heterocycles. The number of carbonyl (C=O) groups is 1. The summed E-state index contributed by atoms with van der Waals surface area (Å²) in [5.74, 6) is -0.221. The molecule has 4 rings (SSSR count). The average Bonchev–Trinajstić information content (AvgIpc) is 3.03. The Kier molecular flexibility index (Phi) is 5.28. The number of rotatable bonds is 6. The normalized spacial score (nSPS) is 11.0. The zero-order valence-electron chi connectivity index (χ0n) is 15.9. The van der Waals surface area contributed by atoms with Gasteiger partial charge in [-0.05, 0) is 53.9 Å². The van der Waals surface area contributed by atoms with Crippen molar-refractivity contribution in [3.8, 4) is 5.75 Å². The van der Waals surface area contributed by atoms with E-state index in [1.54, 1.807) is 18.2 Å². The first kappa shape index (κ1) is 19.1. The van der Waals surface area contributed by atoms with Crippen molar-refractivity contribution in [3.05, 3.63) is 99.7 Å². The minimum atomic E-state index is -0.936. The van der Waals surface area contributed by atoms with E-state index in [4.69, 9.17) is 16.3 Å². The number of nitrogens with one attached hydrogen (secondary N) is 1. The molecule has 0 aliphatic carbocycles. The molecule has 5 heteroatoms. The molecule has 0 radical (unpaired) electrons. The van der Waals surface area contributed by atoms with Crippen LogP contribution in [-0.2, 0) is 13.0 Å². The van der Waals surface area contributed by atoms with Crippen LogP contribution in [0.2, 0.25) is 5.02 Å². The number of hydrogen-bond acceptors (Lipinski definition) is 2. The zero-order chi connectivity index (χ0) is 20.4. The van der Waals surface area contributed by atoms with Gasteiger partial charge in [0.05, 0.1) is 5.56 Å². The Morgan fingerprint density at radius 3 is 2.59 bits per heavy atom. The van der Waals surface area contributed by atoms with Crippen molar-refractivity contribution >= 4 is 28.5 Å². The average molecular weight is 406 g/mol. The Balaban J connectivity index is 1.57. The maximum Gasteiger partial charge on any atom is 0.335 e. The van der Waals surface area contributed by atoms with Gasteiger partial charge in [-0.25, -0.2) is 4.79 Å². The van der Waals surface area contributed by atoms with Gasteiger partial charge >= 0.3 is 5.97 Å². The first-order valence-electron chi connectivity index (χ1n) is 9.31. The molecule has 146 valence electrons. The van der Waals surface area contributed by atoms with Crippen molar-refractivity contribution in [2.24, 2.45) is 0 Å². The van der Waals surface area contributed by atoms with Crippen LogP contribution in [0.25, 0.3) is 10.9 Å². The second kappa shape index (κ2) is 8.02. The number of aromatic amines is 1. The molecule has 0 saturated heterocycles. The number of carboxylic acid groups (broad SMARTS) is 1. The first-order valence-corrected chi connectivity index (χ1v) is 9.68. The summed E-state index contributed by atoms with van der Waals surface area (Å²) >= 11 is 6.53. The molecular weight excluding hydrogens is 386 g/mol. The van der Waals surface area contributed by atoms with Crippen molar-refractivity contribution in [2.45, 2.75) is 20.0 Å². The van der Waals surface area contributed by atoms with Gasteiger partial charge in [-0.1, -0.05) is 48.0 Å². The fourth-order valence-corrected chi connectivity index (χ4v) is 3.67. The molecule has 1 aromatic heterocycles. The van der Waals surface area contributed by atoms with E-state index in [2.05, 4.69) is 4.98 Å². The molecule has 4 aromatic rings. The maximum atomic E-state index is 11.3. The highest BCUT2D eigenvalue weighted by Gasteiger charge is 2.14. The van der Waals surface area contributed by atoms with E-state index < -0.39 is 5.97 Å². The largest absolute Gasteiger partial charge is 0.489 e. The molecule has 0 aliphatic rings. The number of H-pyrrole nitrogens is 1. The lowest BCUT2D eigenvalue weighted by Gasteiger charge is -2.10. The maximum absolute atomic E-state index is 11.3. The molecule has 0 unspecified atom stereocenters. The van der Waals surface area contributed by atoms with Crippen LogP contribution in [0.3, 0.4) is 0 Å². The van der Waals surface area contributed by atoms with Crippen molar-refractivity contribution in [3.63, 3.8) is 0 Å². The Morgan fingerprint density at radius 1 is 1.07 bits per heavy atom. The number of carboxylic acids is 1. The van der Waals surface area contributed by atoms with Crippen molar-refractivity contribution in [1.82, 2.24) is 4.98 Å². The summed E-state index contributed by atoms with van der Waals surface area (Å²) in [7, 11) is 0. The number of aromatic nitrogens is 1. The SMILES string of the molecule is Cc1[nH]c2ccc(C(=O)O)cc2c1Cc1ccc(OCc2ccccc2)cc1Cl. The van der Waals surface area contributed by atoms with E-state index in [1.807, 2.05) is 55.5 Å². The molecule has 3 aromatic carbocycles. The number of halogens is 1. The summed E-state index contributed by atoms with van der Waals surface area (Å²) in [6.07, 6.45) is 0.604. The number of benzene rings is 3. The van der Waals surface area contributed by atoms with E-state index in [1.165, 1.54) is 0 Å². The molecule has 2 N–H and O–H groups in total. The Bertz CT molecular complexity index is 1180. The van der Waals surface area contributed by atoms with E-state index in [-0.39, 0.29) is 5.56 Å². The van der Waals surface area contributed by atoms with Gasteiger partial charge in [0, 0.05) is 28.0 Å². The van der Waals surface area contributed by atoms with E-state index in [0.29, 0.717) is 23.8 Å². The van der Waals surface area contributed by atoms with E-state index >= 15 is 0 Å². The summed E-state index contributed by atoms with van der Waals surface area (Å²) in [6, 6.07) is 20.8. The monoisotopic (exact) mass is 405 g/mol. The van der Waals surface area contributed by atoms with Crippen LogP contribution in [0.1, 0.15) is 32.7 Å². The molecule has 0 amide bonds. The Morgan fingerprint density at radius 2 is 1.86 bits per heavy atom. The quantitative estimate of drug-likeness (QED) is 0.413. The van der Waals surface area contributed by atoms with Gasteiger partial charge in [-0.15, -0.1) is 0 Å². The van der Waals surface area contributed by atoms with Gasteiger partial charge in [0.2, 0.25) is 0 Å². The summed E-state index contributed by atoms with van der Waals surface area (Å²) < 4.78 is 5.84. The Labute approximate surface area is 173 Å². The summed E-state index contributed by atoms with van der Waals surface area (Å²) in [5.41, 5.74) is 5.29. The lowest BCUT2D eigenvalue weighted by atomic mass is 10.0. The second-order valence-corrected chi connectivity index (χ2v) is 7.41. The van der Waals surface area contributed by atoms with Crippen LogP contribution < -0.4 is 4.74 Å². The third kappa shape index (κ3) is 4.13. The highest BCUT2D eigenvalue weighted by atomic mass is 35.5. The molecule has 4 nitrogen and oxygen atoms in total. The Hall–Kier alpha value is -3.24. The third-order valence-electron chi connectivity index (χ3n) is 5.01. The molecule has 0 bridgehead atoms. The van der Waals surface area contributed by atoms with Gasteiger partial charge in [-0.2, -0.15) is 0 Å². The van der Waals surface area contributed by atoms with Crippen LogP contribution in [-0.4, -0.2) is 16.1 Å². The molecule has 29 heavy (non-hydrogen) atoms. The summed E-state index contributed by atoms with van der Waals surface area (Å²) in [6.45, 7) is 2.47. The van der Waals surface area contributed by atoms with Gasteiger partial charge in [0.25, 0.3) is 0 Å². The number of aryl methyl sites for hydroxylation is 1. The first-order chi connectivity index (χ1) is 14.0. The van der Waals surface area contributed by atoms with Crippen molar-refractivity contribution in [1.29, 1.82) is 0 Å². The van der Waals surface area contributed by atoms with Gasteiger partial charge in [0.1, 0.15) is 12.4 Å². The molecule has 0 atom stereocenters. The lowest BCUT2D eigenvalue weighted by molar-refractivity contribution is 0.0697. The van der Waals surface area contributed by atoms with Crippen LogP contribution in [0.4, 0.5) is 0 Å². The summed E-state index contributed by atoms with van der Waals surface area (Å²) in [4.78, 5) is 14.7. The number of fused-ring (bicyclic) bond motifs is 1. The molecular formula is C24H20ClNO3. The highest BCUT2D eigenvalue weighted by molar-refractivity contribution is 6.31. The van der Waals surface area contributed by atoms with Crippen LogP contribution >= 0.6 is 11.6 Å². The van der Waals surface area contributed by atoms with Crippen LogP contribution in [0, 0.1) is 6.92 Å². The highest BCUT2D eigenvalue weighted by Crippen LogP contribution is 2.30. The summed E-state index contributed by atoms with van der Waals surface area (Å²) in [5, 5.41) is 10.8. The van der Waals surface area contributed by atoms with Gasteiger partial charge in [0.15, 0.2) is 0 Å². The van der Waals surface area contributed by atoms with Crippen LogP contribution in [0.15, 0.2) is 66.7 Å². The molecule has 1 heterocycles. The second-order valence-electron chi connectivity index (χ2n) is 7.00. The predicted octanol–water partition coefficient (Wildman–Crippen LogP) is 6.00. The van der Waals surface area contributed by atoms with Crippen molar-refractivity contribution < 1.29 is 14.6 Å². The standard InChI is InChI=1S/C24H20ClNO3/c1-15-20(21-12-18(24(27)28)8-10-23(21)26-15)11-17-7-9-19(13-22(17)25)29-14-16-5-3-2-4-6-16/h2-10,12-13,26H,11,14H2,1H3,(H,27,28). The third-order valence-corrected chi connectivity index (χ3v) is 5.36. The fourth-order valence-electron chi connectivity index (χ4n) is 3.44. The zero-order valence-corrected chi connectivity index (χ0v) is 16.7. The lowest BCUT2D eigenvalue weighted by Crippen LogP contribution is -1.97. The van der Waals surface area contributed by atoms with Gasteiger partial charge in [-0.3, -0.25) is 0 Å².